The minimum atomic E-state index is -3.97. The summed E-state index contributed by atoms with van der Waals surface area (Å²) in [6.07, 6.45) is 5.01. The van der Waals surface area contributed by atoms with Crippen molar-refractivity contribution in [2.24, 2.45) is 5.92 Å². The van der Waals surface area contributed by atoms with Crippen molar-refractivity contribution in [3.8, 4) is 5.75 Å². The van der Waals surface area contributed by atoms with Crippen molar-refractivity contribution in [3.05, 3.63) is 42.5 Å². The largest absolute Gasteiger partial charge is 0.495 e. The number of carbonyl (C=O) groups is 1. The molecule has 0 bridgehead atoms. The third kappa shape index (κ3) is 5.59. The number of carbonyl (C=O) groups excluding carboxylic acids is 1. The van der Waals surface area contributed by atoms with Crippen LogP contribution in [0.1, 0.15) is 32.1 Å². The number of sulfonamides is 1. The highest BCUT2D eigenvalue weighted by Gasteiger charge is 2.26. The first-order valence-corrected chi connectivity index (χ1v) is 12.9. The van der Waals surface area contributed by atoms with Crippen LogP contribution in [0.25, 0.3) is 0 Å². The number of ether oxygens (including phenoxy) is 2. The molecule has 2 N–H and O–H groups in total. The maximum Gasteiger partial charge on any atom is 0.264 e. The number of hydrogen-bond acceptors (Lipinski definition) is 6. The molecule has 1 amide bonds. The molecule has 2 fully saturated rings. The van der Waals surface area contributed by atoms with Crippen LogP contribution in [-0.2, 0) is 19.6 Å². The van der Waals surface area contributed by atoms with Crippen LogP contribution < -0.4 is 19.7 Å². The number of nitrogens with zero attached hydrogens (tertiary/aromatic N) is 1. The Bertz CT molecular complexity index is 1080. The van der Waals surface area contributed by atoms with Gasteiger partial charge in [0.25, 0.3) is 10.0 Å². The molecule has 2 aromatic carbocycles. The lowest BCUT2D eigenvalue weighted by atomic mass is 9.88. The van der Waals surface area contributed by atoms with Crippen molar-refractivity contribution in [2.45, 2.75) is 37.0 Å². The summed E-state index contributed by atoms with van der Waals surface area (Å²) in [7, 11) is -2.48. The average molecular weight is 474 g/mol. The Balaban J connectivity index is 1.66. The summed E-state index contributed by atoms with van der Waals surface area (Å²) in [5.74, 6) is 0.357. The van der Waals surface area contributed by atoms with E-state index in [-0.39, 0.29) is 16.7 Å². The highest BCUT2D eigenvalue weighted by molar-refractivity contribution is 7.93. The van der Waals surface area contributed by atoms with Gasteiger partial charge in [-0.25, -0.2) is 8.42 Å². The van der Waals surface area contributed by atoms with Gasteiger partial charge in [0.15, 0.2) is 0 Å². The van der Waals surface area contributed by atoms with E-state index in [1.54, 1.807) is 42.5 Å². The minimum absolute atomic E-state index is 0.0237. The van der Waals surface area contributed by atoms with Crippen molar-refractivity contribution in [3.63, 3.8) is 0 Å². The number of para-hydroxylation sites is 2. The fourth-order valence-electron chi connectivity index (χ4n) is 4.41. The Labute approximate surface area is 195 Å². The van der Waals surface area contributed by atoms with E-state index in [0.29, 0.717) is 49.1 Å². The number of nitrogens with one attached hydrogen (secondary N) is 2. The number of anilines is 3. The molecule has 33 heavy (non-hydrogen) atoms. The summed E-state index contributed by atoms with van der Waals surface area (Å²) < 4.78 is 40.5. The van der Waals surface area contributed by atoms with Crippen molar-refractivity contribution >= 4 is 33.0 Å². The first kappa shape index (κ1) is 23.4. The normalized spacial score (nSPS) is 17.4. The molecule has 1 saturated heterocycles. The second-order valence-corrected chi connectivity index (χ2v) is 10.1. The molecular weight excluding hydrogens is 442 g/mol. The Kier molecular flexibility index (Phi) is 7.39. The lowest BCUT2D eigenvalue weighted by molar-refractivity contribution is -0.120. The second kappa shape index (κ2) is 10.4. The molecule has 8 nitrogen and oxygen atoms in total. The molecule has 1 saturated carbocycles. The number of methoxy groups -OCH3 is 1. The molecule has 4 rings (SSSR count). The molecule has 0 radical (unpaired) electrons. The maximum atomic E-state index is 13.5. The van der Waals surface area contributed by atoms with Crippen LogP contribution in [0.3, 0.4) is 0 Å². The Morgan fingerprint density at radius 3 is 2.52 bits per heavy atom. The zero-order valence-electron chi connectivity index (χ0n) is 18.9. The number of amides is 1. The summed E-state index contributed by atoms with van der Waals surface area (Å²) in [4.78, 5) is 14.9. The smallest absolute Gasteiger partial charge is 0.264 e. The van der Waals surface area contributed by atoms with Crippen LogP contribution in [-0.4, -0.2) is 47.7 Å². The van der Waals surface area contributed by atoms with E-state index in [2.05, 4.69) is 10.0 Å². The summed E-state index contributed by atoms with van der Waals surface area (Å²) in [5, 5.41) is 2.94. The maximum absolute atomic E-state index is 13.5. The van der Waals surface area contributed by atoms with E-state index in [9.17, 15) is 13.2 Å². The van der Waals surface area contributed by atoms with Gasteiger partial charge in [-0.05, 0) is 43.2 Å². The number of hydrogen-bond donors (Lipinski definition) is 2. The minimum Gasteiger partial charge on any atom is -0.495 e. The molecule has 0 unspecified atom stereocenters. The Morgan fingerprint density at radius 2 is 1.79 bits per heavy atom. The monoisotopic (exact) mass is 473 g/mol. The van der Waals surface area contributed by atoms with Gasteiger partial charge in [-0.15, -0.1) is 0 Å². The molecule has 1 heterocycles. The summed E-state index contributed by atoms with van der Waals surface area (Å²) in [6, 6.07) is 11.9. The third-order valence-electron chi connectivity index (χ3n) is 6.20. The fraction of sp³-hybridized carbons (Fsp3) is 0.458. The molecule has 178 valence electrons. The third-order valence-corrected chi connectivity index (χ3v) is 7.59. The molecule has 1 aliphatic heterocycles. The first-order chi connectivity index (χ1) is 16.0. The van der Waals surface area contributed by atoms with E-state index in [0.717, 1.165) is 32.1 Å². The number of benzene rings is 2. The Hall–Kier alpha value is -2.78. The van der Waals surface area contributed by atoms with Gasteiger partial charge in [0.05, 0.1) is 31.7 Å². The van der Waals surface area contributed by atoms with Gasteiger partial charge in [0.1, 0.15) is 10.6 Å². The summed E-state index contributed by atoms with van der Waals surface area (Å²) in [6.45, 7) is 2.23. The van der Waals surface area contributed by atoms with E-state index < -0.39 is 10.0 Å². The zero-order valence-corrected chi connectivity index (χ0v) is 19.7. The summed E-state index contributed by atoms with van der Waals surface area (Å²) >= 11 is 0. The summed E-state index contributed by atoms with van der Waals surface area (Å²) in [5.41, 5.74) is 1.41. The number of morpholine rings is 1. The fourth-order valence-corrected chi connectivity index (χ4v) is 5.73. The number of rotatable bonds is 7. The highest BCUT2D eigenvalue weighted by Crippen LogP contribution is 2.33. The van der Waals surface area contributed by atoms with Gasteiger partial charge in [0, 0.05) is 24.7 Å². The van der Waals surface area contributed by atoms with Gasteiger partial charge < -0.3 is 19.7 Å². The molecule has 0 aromatic heterocycles. The van der Waals surface area contributed by atoms with Crippen molar-refractivity contribution in [2.75, 3.05) is 48.4 Å². The average Bonchev–Trinajstić information content (AvgIpc) is 2.85. The molecule has 2 aromatic rings. The zero-order chi connectivity index (χ0) is 23.3. The SMILES string of the molecule is COc1ccccc1NS(=O)(=O)c1cc(NC(=O)C2CCCCC2)ccc1N1CCOCC1. The van der Waals surface area contributed by atoms with E-state index in [4.69, 9.17) is 9.47 Å². The van der Waals surface area contributed by atoms with Gasteiger partial charge in [-0.2, -0.15) is 0 Å². The quantitative estimate of drug-likeness (QED) is 0.634. The van der Waals surface area contributed by atoms with Crippen LogP contribution in [0.4, 0.5) is 17.1 Å². The van der Waals surface area contributed by atoms with E-state index in [1.807, 2.05) is 4.90 Å². The van der Waals surface area contributed by atoms with Gasteiger partial charge in [-0.1, -0.05) is 31.4 Å². The topological polar surface area (TPSA) is 97.0 Å². The second-order valence-electron chi connectivity index (χ2n) is 8.41. The van der Waals surface area contributed by atoms with E-state index in [1.165, 1.54) is 7.11 Å². The van der Waals surface area contributed by atoms with Crippen molar-refractivity contribution < 1.29 is 22.7 Å². The van der Waals surface area contributed by atoms with Crippen LogP contribution >= 0.6 is 0 Å². The molecule has 2 aliphatic rings. The molecule has 0 spiro atoms. The van der Waals surface area contributed by atoms with Gasteiger partial charge in [0.2, 0.25) is 5.91 Å². The molecule has 0 atom stereocenters. The highest BCUT2D eigenvalue weighted by atomic mass is 32.2. The standard InChI is InChI=1S/C24H31N3O5S/c1-31-22-10-6-5-9-20(22)26-33(29,30)23-17-19(25-24(28)18-7-3-2-4-8-18)11-12-21(23)27-13-15-32-16-14-27/h5-6,9-12,17-18,26H,2-4,7-8,13-16H2,1H3,(H,25,28). The lowest BCUT2D eigenvalue weighted by Crippen LogP contribution is -2.37. The van der Waals surface area contributed by atoms with Gasteiger partial charge in [-0.3, -0.25) is 9.52 Å². The predicted molar refractivity (Wildman–Crippen MR) is 128 cm³/mol. The van der Waals surface area contributed by atoms with Crippen LogP contribution in [0.5, 0.6) is 5.75 Å². The predicted octanol–water partition coefficient (Wildman–Crippen LogP) is 3.85. The Morgan fingerprint density at radius 1 is 1.06 bits per heavy atom. The molecule has 1 aliphatic carbocycles. The van der Waals surface area contributed by atoms with Crippen LogP contribution in [0, 0.1) is 5.92 Å². The lowest BCUT2D eigenvalue weighted by Gasteiger charge is -2.31. The van der Waals surface area contributed by atoms with Crippen LogP contribution in [0.15, 0.2) is 47.4 Å². The van der Waals surface area contributed by atoms with Crippen molar-refractivity contribution in [1.82, 2.24) is 0 Å². The molecular formula is C24H31N3O5S. The van der Waals surface area contributed by atoms with Crippen LogP contribution in [0.2, 0.25) is 0 Å². The molecule has 9 heteroatoms. The first-order valence-electron chi connectivity index (χ1n) is 11.4. The van der Waals surface area contributed by atoms with E-state index >= 15 is 0 Å². The van der Waals surface area contributed by atoms with Crippen molar-refractivity contribution in [1.29, 1.82) is 0 Å². The van der Waals surface area contributed by atoms with Gasteiger partial charge >= 0.3 is 0 Å².